The molecular weight excluding hydrogens is 416 g/mol. The molecule has 0 bridgehead atoms. The van der Waals surface area contributed by atoms with Crippen LogP contribution in [0.4, 0.5) is 5.69 Å². The van der Waals surface area contributed by atoms with E-state index in [-0.39, 0.29) is 10.8 Å². The molecule has 8 heteroatoms. The first-order chi connectivity index (χ1) is 15.0. The van der Waals surface area contributed by atoms with Crippen LogP contribution in [0.3, 0.4) is 0 Å². The van der Waals surface area contributed by atoms with Crippen molar-refractivity contribution in [3.63, 3.8) is 0 Å². The fraction of sp³-hybridized carbons (Fsp3) is 0.435. The number of ether oxygens (including phenoxy) is 2. The summed E-state index contributed by atoms with van der Waals surface area (Å²) in [5.74, 6) is 0.297. The zero-order chi connectivity index (χ0) is 21.9. The Morgan fingerprint density at radius 1 is 1.06 bits per heavy atom. The van der Waals surface area contributed by atoms with Crippen LogP contribution in [0.15, 0.2) is 53.4 Å². The Morgan fingerprint density at radius 2 is 1.74 bits per heavy atom. The molecule has 1 aliphatic heterocycles. The molecule has 2 aromatic carbocycles. The van der Waals surface area contributed by atoms with Crippen molar-refractivity contribution >= 4 is 21.6 Å². The van der Waals surface area contributed by atoms with Gasteiger partial charge in [-0.3, -0.25) is 4.79 Å². The van der Waals surface area contributed by atoms with E-state index in [0.29, 0.717) is 37.7 Å². The molecule has 31 heavy (non-hydrogen) atoms. The molecule has 2 aliphatic rings. The largest absolute Gasteiger partial charge is 0.495 e. The summed E-state index contributed by atoms with van der Waals surface area (Å²) in [7, 11) is -2.18. The van der Waals surface area contributed by atoms with Crippen LogP contribution in [-0.2, 0) is 25.0 Å². The number of morpholine rings is 1. The summed E-state index contributed by atoms with van der Waals surface area (Å²) >= 11 is 0. The van der Waals surface area contributed by atoms with Crippen LogP contribution in [-0.4, -0.2) is 52.0 Å². The lowest BCUT2D eigenvalue weighted by Crippen LogP contribution is -2.40. The van der Waals surface area contributed by atoms with Crippen molar-refractivity contribution in [2.45, 2.75) is 36.0 Å². The van der Waals surface area contributed by atoms with E-state index >= 15 is 0 Å². The normalized spacial score (nSPS) is 19.1. The van der Waals surface area contributed by atoms with Crippen molar-refractivity contribution in [1.82, 2.24) is 4.31 Å². The molecular formula is C23H28N2O5S. The van der Waals surface area contributed by atoms with Crippen molar-refractivity contribution < 1.29 is 22.7 Å². The molecule has 0 unspecified atom stereocenters. The number of methoxy groups -OCH3 is 1. The number of nitrogens with zero attached hydrogens (tertiary/aromatic N) is 1. The maximum Gasteiger partial charge on any atom is 0.243 e. The van der Waals surface area contributed by atoms with Gasteiger partial charge in [-0.05, 0) is 36.6 Å². The SMILES string of the molecule is COc1ccc(S(=O)(=O)N2CCOCC2)cc1NC(=O)C1(c2ccccc2)CCCC1. The summed E-state index contributed by atoms with van der Waals surface area (Å²) in [4.78, 5) is 13.7. The molecule has 1 N–H and O–H groups in total. The molecule has 166 valence electrons. The van der Waals surface area contributed by atoms with Gasteiger partial charge in [0.1, 0.15) is 5.75 Å². The monoisotopic (exact) mass is 444 g/mol. The topological polar surface area (TPSA) is 84.9 Å². The Balaban J connectivity index is 1.66. The quantitative estimate of drug-likeness (QED) is 0.740. The molecule has 1 saturated heterocycles. The van der Waals surface area contributed by atoms with Crippen molar-refractivity contribution in [2.75, 3.05) is 38.7 Å². The summed E-state index contributed by atoms with van der Waals surface area (Å²) < 4.78 is 38.3. The lowest BCUT2D eigenvalue weighted by atomic mass is 9.78. The fourth-order valence-corrected chi connectivity index (χ4v) is 5.94. The number of amides is 1. The van der Waals surface area contributed by atoms with Crippen LogP contribution >= 0.6 is 0 Å². The third-order valence-electron chi connectivity index (χ3n) is 6.25. The zero-order valence-corrected chi connectivity index (χ0v) is 18.5. The number of anilines is 1. The summed E-state index contributed by atoms with van der Waals surface area (Å²) in [6.07, 6.45) is 3.48. The summed E-state index contributed by atoms with van der Waals surface area (Å²) in [6.45, 7) is 1.37. The van der Waals surface area contributed by atoms with E-state index in [1.54, 1.807) is 6.07 Å². The van der Waals surface area contributed by atoms with Gasteiger partial charge in [0.25, 0.3) is 0 Å². The van der Waals surface area contributed by atoms with Crippen LogP contribution in [0.5, 0.6) is 5.75 Å². The van der Waals surface area contributed by atoms with E-state index < -0.39 is 15.4 Å². The standard InChI is InChI=1S/C23H28N2O5S/c1-29-21-10-9-19(31(27,28)25-13-15-30-16-14-25)17-20(21)24-22(26)23(11-5-6-12-23)18-7-3-2-4-8-18/h2-4,7-10,17H,5-6,11-16H2,1H3,(H,24,26). The number of carbonyl (C=O) groups excluding carboxylic acids is 1. The van der Waals surface area contributed by atoms with Crippen LogP contribution in [0.2, 0.25) is 0 Å². The lowest BCUT2D eigenvalue weighted by Gasteiger charge is -2.29. The fourth-order valence-electron chi connectivity index (χ4n) is 4.51. The predicted octanol–water partition coefficient (Wildman–Crippen LogP) is 3.17. The number of rotatable bonds is 6. The van der Waals surface area contributed by atoms with Crippen LogP contribution in [0, 0.1) is 0 Å². The molecule has 0 spiro atoms. The van der Waals surface area contributed by atoms with Gasteiger partial charge in [-0.1, -0.05) is 43.2 Å². The van der Waals surface area contributed by atoms with Gasteiger partial charge in [-0.2, -0.15) is 4.31 Å². The first kappa shape index (κ1) is 21.8. The minimum absolute atomic E-state index is 0.129. The van der Waals surface area contributed by atoms with Gasteiger partial charge >= 0.3 is 0 Å². The van der Waals surface area contributed by atoms with Gasteiger partial charge in [-0.25, -0.2) is 8.42 Å². The Kier molecular flexibility index (Phi) is 6.31. The number of hydrogen-bond donors (Lipinski definition) is 1. The minimum atomic E-state index is -3.69. The Morgan fingerprint density at radius 3 is 2.39 bits per heavy atom. The van der Waals surface area contributed by atoms with Gasteiger partial charge in [0, 0.05) is 13.1 Å². The van der Waals surface area contributed by atoms with E-state index in [4.69, 9.17) is 9.47 Å². The highest BCUT2D eigenvalue weighted by molar-refractivity contribution is 7.89. The number of carbonyl (C=O) groups is 1. The van der Waals surface area contributed by atoms with E-state index in [0.717, 1.165) is 31.2 Å². The van der Waals surface area contributed by atoms with Gasteiger partial charge in [0.15, 0.2) is 0 Å². The first-order valence-corrected chi connectivity index (χ1v) is 12.0. The van der Waals surface area contributed by atoms with Crippen LogP contribution < -0.4 is 10.1 Å². The molecule has 1 aliphatic carbocycles. The van der Waals surface area contributed by atoms with Crippen LogP contribution in [0.25, 0.3) is 0 Å². The van der Waals surface area contributed by atoms with Crippen molar-refractivity contribution in [2.24, 2.45) is 0 Å². The number of benzene rings is 2. The van der Waals surface area contributed by atoms with E-state index in [9.17, 15) is 13.2 Å². The van der Waals surface area contributed by atoms with E-state index in [2.05, 4.69) is 5.32 Å². The Hall–Kier alpha value is -2.42. The third kappa shape index (κ3) is 4.20. The summed E-state index contributed by atoms with van der Waals surface area (Å²) in [6, 6.07) is 14.4. The zero-order valence-electron chi connectivity index (χ0n) is 17.7. The highest BCUT2D eigenvalue weighted by atomic mass is 32.2. The van der Waals surface area contributed by atoms with Crippen molar-refractivity contribution in [3.8, 4) is 5.75 Å². The van der Waals surface area contributed by atoms with Gasteiger partial charge in [0.2, 0.25) is 15.9 Å². The minimum Gasteiger partial charge on any atom is -0.495 e. The second-order valence-electron chi connectivity index (χ2n) is 7.99. The molecule has 2 fully saturated rings. The van der Waals surface area contributed by atoms with Gasteiger partial charge in [-0.15, -0.1) is 0 Å². The molecule has 1 amide bonds. The van der Waals surface area contributed by atoms with Gasteiger partial charge < -0.3 is 14.8 Å². The van der Waals surface area contributed by atoms with Crippen molar-refractivity contribution in [1.29, 1.82) is 0 Å². The predicted molar refractivity (Wildman–Crippen MR) is 118 cm³/mol. The number of hydrogen-bond acceptors (Lipinski definition) is 5. The summed E-state index contributed by atoms with van der Waals surface area (Å²) in [5, 5.41) is 2.99. The average molecular weight is 445 g/mol. The lowest BCUT2D eigenvalue weighted by molar-refractivity contribution is -0.121. The molecule has 1 saturated carbocycles. The van der Waals surface area contributed by atoms with Crippen molar-refractivity contribution in [3.05, 3.63) is 54.1 Å². The molecule has 7 nitrogen and oxygen atoms in total. The Bertz CT molecular complexity index is 1030. The summed E-state index contributed by atoms with van der Waals surface area (Å²) in [5.41, 5.74) is 0.732. The third-order valence-corrected chi connectivity index (χ3v) is 8.14. The molecule has 4 rings (SSSR count). The average Bonchev–Trinajstić information content (AvgIpc) is 3.31. The van der Waals surface area contributed by atoms with Crippen LogP contribution in [0.1, 0.15) is 31.2 Å². The number of nitrogens with one attached hydrogen (secondary N) is 1. The maximum atomic E-state index is 13.5. The second kappa shape index (κ2) is 8.98. The molecule has 2 aromatic rings. The highest BCUT2D eigenvalue weighted by Crippen LogP contribution is 2.42. The second-order valence-corrected chi connectivity index (χ2v) is 9.93. The Labute approximate surface area is 183 Å². The molecule has 0 aromatic heterocycles. The maximum absolute atomic E-state index is 13.5. The van der Waals surface area contributed by atoms with E-state index in [1.165, 1.54) is 23.5 Å². The molecule has 0 radical (unpaired) electrons. The molecule has 1 heterocycles. The highest BCUT2D eigenvalue weighted by Gasteiger charge is 2.43. The number of sulfonamides is 1. The molecule has 0 atom stereocenters. The smallest absolute Gasteiger partial charge is 0.243 e. The van der Waals surface area contributed by atoms with E-state index in [1.807, 2.05) is 30.3 Å². The van der Waals surface area contributed by atoms with Gasteiger partial charge in [0.05, 0.1) is 36.3 Å². The first-order valence-electron chi connectivity index (χ1n) is 10.6.